The lowest BCUT2D eigenvalue weighted by atomic mass is 10.1. The summed E-state index contributed by atoms with van der Waals surface area (Å²) in [6.45, 7) is 7.28. The van der Waals surface area contributed by atoms with Crippen LogP contribution in [0.2, 0.25) is 0 Å². The van der Waals surface area contributed by atoms with Gasteiger partial charge in [-0.3, -0.25) is 9.69 Å². The summed E-state index contributed by atoms with van der Waals surface area (Å²) in [5, 5.41) is 13.7. The van der Waals surface area contributed by atoms with Crippen LogP contribution >= 0.6 is 11.3 Å². The molecule has 0 aromatic carbocycles. The molecular formula is C13H20N2O3S. The molecule has 19 heavy (non-hydrogen) atoms. The van der Waals surface area contributed by atoms with Gasteiger partial charge in [-0.15, -0.1) is 11.3 Å². The summed E-state index contributed by atoms with van der Waals surface area (Å²) in [5.41, 5.74) is 0. The third-order valence-corrected chi connectivity index (χ3v) is 4.01. The molecule has 1 aromatic heterocycles. The molecule has 0 unspecified atom stereocenters. The Balaban J connectivity index is 1.70. The molecule has 0 aliphatic carbocycles. The van der Waals surface area contributed by atoms with Crippen molar-refractivity contribution in [1.82, 2.24) is 10.2 Å². The zero-order valence-corrected chi connectivity index (χ0v) is 11.9. The first-order chi connectivity index (χ1) is 9.15. The topological polar surface area (TPSA) is 61.8 Å². The summed E-state index contributed by atoms with van der Waals surface area (Å²) in [5.74, 6) is 0.436. The van der Waals surface area contributed by atoms with Crippen molar-refractivity contribution in [3.63, 3.8) is 0 Å². The van der Waals surface area contributed by atoms with E-state index in [0.717, 1.165) is 32.8 Å². The third-order valence-electron chi connectivity index (χ3n) is 3.09. The number of nitrogens with zero attached hydrogens (tertiary/aromatic N) is 1. The predicted octanol–water partition coefficient (Wildman–Crippen LogP) is 1.15. The highest BCUT2D eigenvalue weighted by atomic mass is 32.1. The molecule has 0 spiro atoms. The minimum Gasteiger partial charge on any atom is -0.507 e. The van der Waals surface area contributed by atoms with E-state index in [1.165, 1.54) is 17.4 Å². The number of carbonyl (C=O) groups is 1. The molecule has 1 aliphatic heterocycles. The minimum atomic E-state index is -0.112. The lowest BCUT2D eigenvalue weighted by Crippen LogP contribution is -2.41. The van der Waals surface area contributed by atoms with Gasteiger partial charge in [-0.1, -0.05) is 6.92 Å². The molecule has 1 atom stereocenters. The summed E-state index contributed by atoms with van der Waals surface area (Å²) in [6, 6.07) is 1.49. The van der Waals surface area contributed by atoms with Crippen LogP contribution in [0, 0.1) is 5.92 Å². The van der Waals surface area contributed by atoms with E-state index in [1.807, 2.05) is 0 Å². The van der Waals surface area contributed by atoms with Crippen LogP contribution < -0.4 is 5.32 Å². The fraction of sp³-hybridized carbons (Fsp3) is 0.615. The molecule has 2 N–H and O–H groups in total. The summed E-state index contributed by atoms with van der Waals surface area (Å²) in [7, 11) is 0. The molecule has 1 fully saturated rings. The van der Waals surface area contributed by atoms with Crippen LogP contribution in [0.15, 0.2) is 11.4 Å². The van der Waals surface area contributed by atoms with Crippen LogP contribution in [0.1, 0.15) is 16.6 Å². The van der Waals surface area contributed by atoms with Crippen molar-refractivity contribution in [3.05, 3.63) is 16.3 Å². The highest BCUT2D eigenvalue weighted by Gasteiger charge is 2.15. The van der Waals surface area contributed by atoms with Gasteiger partial charge in [0, 0.05) is 37.6 Å². The second-order valence-electron chi connectivity index (χ2n) is 4.90. The van der Waals surface area contributed by atoms with Gasteiger partial charge in [0.05, 0.1) is 18.1 Å². The fourth-order valence-corrected chi connectivity index (χ4v) is 2.77. The van der Waals surface area contributed by atoms with Gasteiger partial charge in [-0.05, 0) is 5.92 Å². The first-order valence-corrected chi connectivity index (χ1v) is 7.39. The van der Waals surface area contributed by atoms with E-state index in [9.17, 15) is 9.90 Å². The van der Waals surface area contributed by atoms with E-state index in [-0.39, 0.29) is 11.7 Å². The molecule has 2 heterocycles. The normalized spacial score (nSPS) is 18.2. The van der Waals surface area contributed by atoms with Crippen molar-refractivity contribution in [2.45, 2.75) is 6.92 Å². The maximum Gasteiger partial charge on any atom is 0.261 e. The average Bonchev–Trinajstić information content (AvgIpc) is 2.84. The van der Waals surface area contributed by atoms with E-state index in [4.69, 9.17) is 4.74 Å². The molecule has 0 radical (unpaired) electrons. The van der Waals surface area contributed by atoms with Gasteiger partial charge in [0.1, 0.15) is 5.75 Å². The Hall–Kier alpha value is -1.11. The van der Waals surface area contributed by atoms with Crippen molar-refractivity contribution in [2.24, 2.45) is 5.92 Å². The van der Waals surface area contributed by atoms with E-state index in [2.05, 4.69) is 17.1 Å². The number of hydrogen-bond donors (Lipinski definition) is 2. The largest absolute Gasteiger partial charge is 0.507 e. The van der Waals surface area contributed by atoms with Crippen LogP contribution in [-0.4, -0.2) is 55.3 Å². The van der Waals surface area contributed by atoms with Gasteiger partial charge in [0.15, 0.2) is 0 Å². The Bertz CT molecular complexity index is 416. The number of thiophene rings is 1. The highest BCUT2D eigenvalue weighted by molar-refractivity contribution is 7.12. The van der Waals surface area contributed by atoms with Crippen molar-refractivity contribution in [3.8, 4) is 5.75 Å². The Labute approximate surface area is 117 Å². The maximum absolute atomic E-state index is 11.8. The van der Waals surface area contributed by atoms with E-state index < -0.39 is 0 Å². The summed E-state index contributed by atoms with van der Waals surface area (Å²) in [6.07, 6.45) is 0. The number of aromatic hydroxyl groups is 1. The van der Waals surface area contributed by atoms with Crippen LogP contribution in [-0.2, 0) is 4.74 Å². The second-order valence-corrected chi connectivity index (χ2v) is 5.81. The molecule has 1 amide bonds. The number of ether oxygens (including phenoxy) is 1. The monoisotopic (exact) mass is 284 g/mol. The van der Waals surface area contributed by atoms with Gasteiger partial charge >= 0.3 is 0 Å². The van der Waals surface area contributed by atoms with Crippen LogP contribution in [0.5, 0.6) is 5.75 Å². The summed E-state index contributed by atoms with van der Waals surface area (Å²) in [4.78, 5) is 14.7. The SMILES string of the molecule is C[C@@H](CNC(=O)c1cc(O)cs1)CN1CCOCC1. The van der Waals surface area contributed by atoms with Crippen LogP contribution in [0.3, 0.4) is 0 Å². The second kappa shape index (κ2) is 6.88. The van der Waals surface area contributed by atoms with Gasteiger partial charge in [0.25, 0.3) is 5.91 Å². The molecule has 0 bridgehead atoms. The van der Waals surface area contributed by atoms with Crippen molar-refractivity contribution in [1.29, 1.82) is 0 Å². The summed E-state index contributed by atoms with van der Waals surface area (Å²) >= 11 is 1.26. The predicted molar refractivity (Wildman–Crippen MR) is 74.7 cm³/mol. The Kier molecular flexibility index (Phi) is 5.18. The standard InChI is InChI=1S/C13H20N2O3S/c1-10(8-15-2-4-18-5-3-15)7-14-13(17)12-6-11(16)9-19-12/h6,9-10,16H,2-5,7-8H2,1H3,(H,14,17)/t10-/m0/s1. The minimum absolute atomic E-state index is 0.112. The molecule has 0 saturated carbocycles. The van der Waals surface area contributed by atoms with Crippen molar-refractivity contribution < 1.29 is 14.6 Å². The van der Waals surface area contributed by atoms with Gasteiger partial charge < -0.3 is 15.2 Å². The Morgan fingerprint density at radius 1 is 1.58 bits per heavy atom. The first-order valence-electron chi connectivity index (χ1n) is 6.51. The molecule has 1 saturated heterocycles. The van der Waals surface area contributed by atoms with E-state index >= 15 is 0 Å². The Morgan fingerprint density at radius 3 is 2.95 bits per heavy atom. The molecule has 6 heteroatoms. The van der Waals surface area contributed by atoms with Gasteiger partial charge in [-0.2, -0.15) is 0 Å². The zero-order valence-electron chi connectivity index (χ0n) is 11.1. The third kappa shape index (κ3) is 4.49. The van der Waals surface area contributed by atoms with Gasteiger partial charge in [-0.25, -0.2) is 0 Å². The number of nitrogens with one attached hydrogen (secondary N) is 1. The number of hydrogen-bond acceptors (Lipinski definition) is 5. The number of morpholine rings is 1. The first kappa shape index (κ1) is 14.3. The van der Waals surface area contributed by atoms with Gasteiger partial charge in [0.2, 0.25) is 0 Å². The van der Waals surface area contributed by atoms with E-state index in [0.29, 0.717) is 17.3 Å². The fourth-order valence-electron chi connectivity index (χ4n) is 2.09. The van der Waals surface area contributed by atoms with E-state index in [1.54, 1.807) is 5.38 Å². The lowest BCUT2D eigenvalue weighted by molar-refractivity contribution is 0.0317. The highest BCUT2D eigenvalue weighted by Crippen LogP contribution is 2.19. The molecule has 1 aromatic rings. The zero-order chi connectivity index (χ0) is 13.7. The molecule has 2 rings (SSSR count). The lowest BCUT2D eigenvalue weighted by Gasteiger charge is -2.29. The summed E-state index contributed by atoms with van der Waals surface area (Å²) < 4.78 is 5.31. The van der Waals surface area contributed by atoms with Crippen LogP contribution in [0.25, 0.3) is 0 Å². The maximum atomic E-state index is 11.8. The number of rotatable bonds is 5. The Morgan fingerprint density at radius 2 is 2.32 bits per heavy atom. The molecule has 1 aliphatic rings. The average molecular weight is 284 g/mol. The smallest absolute Gasteiger partial charge is 0.261 e. The van der Waals surface area contributed by atoms with Crippen molar-refractivity contribution in [2.75, 3.05) is 39.4 Å². The van der Waals surface area contributed by atoms with Crippen molar-refractivity contribution >= 4 is 17.2 Å². The number of carbonyl (C=O) groups excluding carboxylic acids is 1. The molecular weight excluding hydrogens is 264 g/mol. The molecule has 5 nitrogen and oxygen atoms in total. The molecule has 106 valence electrons. The van der Waals surface area contributed by atoms with Crippen LogP contribution in [0.4, 0.5) is 0 Å². The quantitative estimate of drug-likeness (QED) is 0.851. The number of amides is 1.